The van der Waals surface area contributed by atoms with Gasteiger partial charge in [0.25, 0.3) is 5.56 Å². The number of aromatic nitrogens is 1. The van der Waals surface area contributed by atoms with E-state index in [4.69, 9.17) is 11.0 Å². The van der Waals surface area contributed by atoms with E-state index in [0.717, 1.165) is 0 Å². The number of benzene rings is 1. The lowest BCUT2D eigenvalue weighted by atomic mass is 9.96. The van der Waals surface area contributed by atoms with Gasteiger partial charge in [-0.05, 0) is 17.2 Å². The van der Waals surface area contributed by atoms with E-state index in [9.17, 15) is 14.4 Å². The lowest BCUT2D eigenvalue weighted by molar-refractivity contribution is 0.618. The van der Waals surface area contributed by atoms with E-state index in [2.05, 4.69) is 20.9 Å². The number of nitrogens with one attached hydrogen (secondary N) is 1. The number of nitrogens with two attached hydrogens (primary N) is 1. The molecule has 1 heterocycles. The summed E-state index contributed by atoms with van der Waals surface area (Å²) >= 11 is 3.15. The number of rotatable bonds is 2. The van der Waals surface area contributed by atoms with Crippen LogP contribution in [0.25, 0.3) is 11.1 Å². The SMILES string of the molecule is N#Cc1c(N)[nH]c(=O)c(C#N)c1-c1ccc(CBr)c(F)c1. The molecule has 0 unspecified atom stereocenters. The van der Waals surface area contributed by atoms with E-state index >= 15 is 0 Å². The van der Waals surface area contributed by atoms with Gasteiger partial charge in [0.15, 0.2) is 0 Å². The number of nitrogens with zero attached hydrogens (tertiary/aromatic N) is 2. The normalized spacial score (nSPS) is 9.90. The van der Waals surface area contributed by atoms with Gasteiger partial charge in [-0.2, -0.15) is 10.5 Å². The van der Waals surface area contributed by atoms with Crippen molar-refractivity contribution in [1.82, 2.24) is 4.98 Å². The predicted molar refractivity (Wildman–Crippen MR) is 78.9 cm³/mol. The van der Waals surface area contributed by atoms with Gasteiger partial charge in [0.1, 0.15) is 34.9 Å². The molecule has 1 aromatic carbocycles. The van der Waals surface area contributed by atoms with E-state index in [1.807, 2.05) is 6.07 Å². The van der Waals surface area contributed by atoms with E-state index < -0.39 is 11.4 Å². The quantitative estimate of drug-likeness (QED) is 0.814. The molecule has 0 aliphatic heterocycles. The smallest absolute Gasteiger partial charge is 0.268 e. The molecule has 7 heteroatoms. The number of nitrogen functional groups attached to an aromatic ring is 1. The van der Waals surface area contributed by atoms with Crippen molar-refractivity contribution in [3.05, 3.63) is 51.1 Å². The van der Waals surface area contributed by atoms with Crippen molar-refractivity contribution in [3.8, 4) is 23.3 Å². The predicted octanol–water partition coefficient (Wildman–Crippen LogP) is 2.40. The van der Waals surface area contributed by atoms with Gasteiger partial charge >= 0.3 is 0 Å². The first-order valence-electron chi connectivity index (χ1n) is 5.74. The van der Waals surface area contributed by atoms with Crippen molar-refractivity contribution >= 4 is 21.7 Å². The number of nitriles is 2. The highest BCUT2D eigenvalue weighted by Crippen LogP contribution is 2.29. The Kier molecular flexibility index (Phi) is 4.06. The molecule has 0 radical (unpaired) electrons. The van der Waals surface area contributed by atoms with E-state index in [0.29, 0.717) is 10.9 Å². The Bertz CT molecular complexity index is 861. The van der Waals surface area contributed by atoms with Crippen LogP contribution in [0.2, 0.25) is 0 Å². The van der Waals surface area contributed by atoms with Gasteiger partial charge < -0.3 is 10.7 Å². The first kappa shape index (κ1) is 14.8. The minimum absolute atomic E-state index is 0.0428. The zero-order valence-corrected chi connectivity index (χ0v) is 12.2. The van der Waals surface area contributed by atoms with Gasteiger partial charge in [0.2, 0.25) is 0 Å². The first-order valence-corrected chi connectivity index (χ1v) is 6.86. The van der Waals surface area contributed by atoms with Crippen molar-refractivity contribution in [3.63, 3.8) is 0 Å². The van der Waals surface area contributed by atoms with Crippen LogP contribution in [-0.2, 0) is 5.33 Å². The second-order valence-electron chi connectivity index (χ2n) is 4.16. The molecule has 0 spiro atoms. The average Bonchev–Trinajstić information content (AvgIpc) is 2.46. The molecule has 0 aliphatic rings. The molecule has 0 saturated heterocycles. The van der Waals surface area contributed by atoms with E-state index in [1.54, 1.807) is 6.07 Å². The Balaban J connectivity index is 2.86. The summed E-state index contributed by atoms with van der Waals surface area (Å²) in [6.45, 7) is 0. The summed E-state index contributed by atoms with van der Waals surface area (Å²) in [6, 6.07) is 7.79. The van der Waals surface area contributed by atoms with Crippen molar-refractivity contribution < 1.29 is 4.39 Å². The monoisotopic (exact) mass is 346 g/mol. The van der Waals surface area contributed by atoms with Gasteiger partial charge in [-0.1, -0.05) is 28.1 Å². The number of alkyl halides is 1. The summed E-state index contributed by atoms with van der Waals surface area (Å²) in [5.41, 5.74) is 5.28. The van der Waals surface area contributed by atoms with Crippen molar-refractivity contribution in [1.29, 1.82) is 10.5 Å². The largest absolute Gasteiger partial charge is 0.384 e. The van der Waals surface area contributed by atoms with E-state index in [-0.39, 0.29) is 28.1 Å². The molecule has 0 fully saturated rings. The topological polar surface area (TPSA) is 106 Å². The standard InChI is InChI=1S/C14H8BrFN4O/c15-4-8-2-1-7(3-11(8)16)12-9(5-17)13(19)20-14(21)10(12)6-18/h1-3H,4H2,(H3,19,20,21). The molecule has 21 heavy (non-hydrogen) atoms. The maximum atomic E-state index is 13.9. The molecule has 3 N–H and O–H groups in total. The fraction of sp³-hybridized carbons (Fsp3) is 0.0714. The third-order valence-corrected chi connectivity index (χ3v) is 3.56. The summed E-state index contributed by atoms with van der Waals surface area (Å²) in [5, 5.41) is 18.6. The van der Waals surface area contributed by atoms with Crippen molar-refractivity contribution in [2.24, 2.45) is 0 Å². The lowest BCUT2D eigenvalue weighted by Gasteiger charge is -2.09. The Morgan fingerprint density at radius 3 is 2.48 bits per heavy atom. The van der Waals surface area contributed by atoms with Crippen LogP contribution in [-0.4, -0.2) is 4.98 Å². The summed E-state index contributed by atoms with van der Waals surface area (Å²) in [6.07, 6.45) is 0. The van der Waals surface area contributed by atoms with Crippen LogP contribution in [0.15, 0.2) is 23.0 Å². The number of pyridine rings is 1. The van der Waals surface area contributed by atoms with Gasteiger partial charge in [-0.15, -0.1) is 0 Å². The Morgan fingerprint density at radius 1 is 1.29 bits per heavy atom. The summed E-state index contributed by atoms with van der Waals surface area (Å²) in [7, 11) is 0. The zero-order chi connectivity index (χ0) is 15.6. The molecule has 0 atom stereocenters. The molecule has 104 valence electrons. The number of H-pyrrole nitrogens is 1. The van der Waals surface area contributed by atoms with Gasteiger partial charge in [0.05, 0.1) is 0 Å². The second-order valence-corrected chi connectivity index (χ2v) is 4.72. The Morgan fingerprint density at radius 2 is 1.95 bits per heavy atom. The van der Waals surface area contributed by atoms with Crippen LogP contribution in [0.1, 0.15) is 16.7 Å². The Hall–Kier alpha value is -2.64. The molecule has 0 bridgehead atoms. The third-order valence-electron chi connectivity index (χ3n) is 2.95. The number of halogens is 2. The van der Waals surface area contributed by atoms with Crippen LogP contribution >= 0.6 is 15.9 Å². The van der Waals surface area contributed by atoms with Crippen molar-refractivity contribution in [2.75, 3.05) is 5.73 Å². The second kappa shape index (κ2) is 5.78. The minimum Gasteiger partial charge on any atom is -0.384 e. The minimum atomic E-state index is -0.714. The summed E-state index contributed by atoms with van der Waals surface area (Å²) in [5.74, 6) is -0.655. The fourth-order valence-electron chi connectivity index (χ4n) is 1.94. The fourth-order valence-corrected chi connectivity index (χ4v) is 2.40. The zero-order valence-electron chi connectivity index (χ0n) is 10.6. The van der Waals surface area contributed by atoms with Crippen LogP contribution in [0, 0.1) is 28.5 Å². The highest BCUT2D eigenvalue weighted by molar-refractivity contribution is 9.08. The number of hydrogen-bond donors (Lipinski definition) is 2. The molecule has 2 rings (SSSR count). The van der Waals surface area contributed by atoms with Gasteiger partial charge in [-0.3, -0.25) is 4.79 Å². The lowest BCUT2D eigenvalue weighted by Crippen LogP contribution is -2.16. The molecule has 5 nitrogen and oxygen atoms in total. The molecule has 0 aliphatic carbocycles. The number of hydrogen-bond acceptors (Lipinski definition) is 4. The average molecular weight is 347 g/mol. The van der Waals surface area contributed by atoms with Crippen LogP contribution in [0.3, 0.4) is 0 Å². The molecular formula is C14H8BrFN4O. The highest BCUT2D eigenvalue weighted by Gasteiger charge is 2.18. The molecular weight excluding hydrogens is 339 g/mol. The number of aromatic amines is 1. The van der Waals surface area contributed by atoms with Gasteiger partial charge in [-0.25, -0.2) is 4.39 Å². The molecule has 2 aromatic rings. The summed E-state index contributed by atoms with van der Waals surface area (Å²) < 4.78 is 13.9. The maximum absolute atomic E-state index is 13.9. The maximum Gasteiger partial charge on any atom is 0.268 e. The van der Waals surface area contributed by atoms with Crippen LogP contribution < -0.4 is 11.3 Å². The van der Waals surface area contributed by atoms with Gasteiger partial charge in [0, 0.05) is 10.9 Å². The molecule has 1 aromatic heterocycles. The molecule has 0 saturated carbocycles. The van der Waals surface area contributed by atoms with Crippen molar-refractivity contribution in [2.45, 2.75) is 5.33 Å². The third kappa shape index (κ3) is 2.51. The highest BCUT2D eigenvalue weighted by atomic mass is 79.9. The van der Waals surface area contributed by atoms with Crippen LogP contribution in [0.5, 0.6) is 0 Å². The van der Waals surface area contributed by atoms with Crippen LogP contribution in [0.4, 0.5) is 10.2 Å². The summed E-state index contributed by atoms with van der Waals surface area (Å²) in [4.78, 5) is 14.0. The Labute approximate surface area is 127 Å². The molecule has 0 amide bonds. The van der Waals surface area contributed by atoms with E-state index in [1.165, 1.54) is 18.2 Å². The first-order chi connectivity index (χ1) is 10.0. The number of anilines is 1.